The Balaban J connectivity index is 2.30. The summed E-state index contributed by atoms with van der Waals surface area (Å²) in [6.45, 7) is 1.76. The Bertz CT molecular complexity index is 788. The zero-order valence-electron chi connectivity index (χ0n) is 12.9. The van der Waals surface area contributed by atoms with Gasteiger partial charge in [0, 0.05) is 30.1 Å². The Labute approximate surface area is 138 Å². The fraction of sp³-hybridized carbons (Fsp3) is 0.176. The van der Waals surface area contributed by atoms with Crippen LogP contribution in [0.2, 0.25) is 0 Å². The number of aliphatic carboxylic acids is 1. The molecular formula is C17H15N2O5-. The van der Waals surface area contributed by atoms with Crippen LogP contribution in [0.4, 0.5) is 5.69 Å². The van der Waals surface area contributed by atoms with Crippen LogP contribution in [-0.4, -0.2) is 16.8 Å². The second-order valence-electron chi connectivity index (χ2n) is 5.27. The average molecular weight is 327 g/mol. The molecule has 2 aromatic rings. The van der Waals surface area contributed by atoms with Crippen LogP contribution >= 0.6 is 0 Å². The summed E-state index contributed by atoms with van der Waals surface area (Å²) in [5.41, 5.74) is 1.30. The third kappa shape index (κ3) is 4.16. The van der Waals surface area contributed by atoms with Crippen molar-refractivity contribution in [2.24, 2.45) is 0 Å². The number of hydrogen-bond donors (Lipinski definition) is 1. The van der Waals surface area contributed by atoms with Crippen LogP contribution in [0.15, 0.2) is 48.5 Å². The number of hydrogen-bond acceptors (Lipinski definition) is 5. The molecule has 0 aliphatic rings. The zero-order valence-corrected chi connectivity index (χ0v) is 12.9. The monoisotopic (exact) mass is 327 g/mol. The molecule has 0 bridgehead atoms. The lowest BCUT2D eigenvalue weighted by Crippen LogP contribution is -2.34. The lowest BCUT2D eigenvalue weighted by molar-refractivity contribution is -0.385. The highest BCUT2D eigenvalue weighted by Gasteiger charge is 2.19. The molecule has 1 N–H and O–H groups in total. The lowest BCUT2D eigenvalue weighted by atomic mass is 10.0. The van der Waals surface area contributed by atoms with E-state index in [4.69, 9.17) is 0 Å². The van der Waals surface area contributed by atoms with E-state index in [1.165, 1.54) is 24.3 Å². The van der Waals surface area contributed by atoms with Crippen molar-refractivity contribution >= 4 is 17.6 Å². The Hall–Kier alpha value is -3.22. The molecule has 0 aromatic heterocycles. The highest BCUT2D eigenvalue weighted by molar-refractivity contribution is 5.96. The van der Waals surface area contributed by atoms with Crippen LogP contribution in [0, 0.1) is 17.0 Å². The normalized spacial score (nSPS) is 11.5. The fourth-order valence-electron chi connectivity index (χ4n) is 2.34. The minimum Gasteiger partial charge on any atom is -0.550 e. The fourth-order valence-corrected chi connectivity index (χ4v) is 2.34. The number of nitro groups is 1. The van der Waals surface area contributed by atoms with Gasteiger partial charge in [-0.2, -0.15) is 0 Å². The Kier molecular flexibility index (Phi) is 5.26. The van der Waals surface area contributed by atoms with E-state index in [1.54, 1.807) is 31.2 Å². The van der Waals surface area contributed by atoms with Gasteiger partial charge in [0.1, 0.15) is 0 Å². The topological polar surface area (TPSA) is 112 Å². The maximum absolute atomic E-state index is 12.4. The summed E-state index contributed by atoms with van der Waals surface area (Å²) in [7, 11) is 0. The zero-order chi connectivity index (χ0) is 17.7. The van der Waals surface area contributed by atoms with E-state index in [-0.39, 0.29) is 5.69 Å². The summed E-state index contributed by atoms with van der Waals surface area (Å²) in [6, 6.07) is 11.4. The quantitative estimate of drug-likeness (QED) is 0.638. The molecule has 2 rings (SSSR count). The molecule has 124 valence electrons. The molecule has 24 heavy (non-hydrogen) atoms. The summed E-state index contributed by atoms with van der Waals surface area (Å²) in [4.78, 5) is 33.7. The van der Waals surface area contributed by atoms with Crippen LogP contribution in [0.5, 0.6) is 0 Å². The number of nitro benzene ring substituents is 1. The molecule has 1 amide bonds. The lowest BCUT2D eigenvalue weighted by Gasteiger charge is -2.20. The number of aryl methyl sites for hydroxylation is 1. The number of carbonyl (C=O) groups excluding carboxylic acids is 2. The number of non-ortho nitro benzene ring substituents is 1. The molecule has 7 nitrogen and oxygen atoms in total. The number of benzene rings is 2. The van der Waals surface area contributed by atoms with Gasteiger partial charge in [-0.15, -0.1) is 0 Å². The van der Waals surface area contributed by atoms with E-state index in [0.29, 0.717) is 11.1 Å². The second-order valence-corrected chi connectivity index (χ2v) is 5.27. The Morgan fingerprint density at radius 2 is 1.88 bits per heavy atom. The molecule has 0 saturated heterocycles. The third-order valence-corrected chi connectivity index (χ3v) is 3.55. The maximum Gasteiger partial charge on any atom is 0.269 e. The van der Waals surface area contributed by atoms with Crippen molar-refractivity contribution in [3.05, 3.63) is 75.3 Å². The molecule has 0 saturated carbocycles. The molecule has 0 unspecified atom stereocenters. The first kappa shape index (κ1) is 17.1. The van der Waals surface area contributed by atoms with E-state index in [0.717, 1.165) is 5.56 Å². The molecule has 1 atom stereocenters. The number of nitrogens with zero attached hydrogens (tertiary/aromatic N) is 1. The largest absolute Gasteiger partial charge is 0.550 e. The molecule has 0 radical (unpaired) electrons. The number of carbonyl (C=O) groups is 2. The van der Waals surface area contributed by atoms with Gasteiger partial charge in [-0.3, -0.25) is 14.9 Å². The second kappa shape index (κ2) is 7.36. The van der Waals surface area contributed by atoms with Gasteiger partial charge in [0.05, 0.1) is 11.0 Å². The molecule has 2 aromatic carbocycles. The predicted molar refractivity (Wildman–Crippen MR) is 84.1 cm³/mol. The Morgan fingerprint density at radius 1 is 1.17 bits per heavy atom. The summed E-state index contributed by atoms with van der Waals surface area (Å²) >= 11 is 0. The summed E-state index contributed by atoms with van der Waals surface area (Å²) in [5, 5.41) is 24.5. The van der Waals surface area contributed by atoms with E-state index in [2.05, 4.69) is 5.32 Å². The molecular weight excluding hydrogens is 312 g/mol. The maximum atomic E-state index is 12.4. The first-order chi connectivity index (χ1) is 11.4. The van der Waals surface area contributed by atoms with E-state index in [9.17, 15) is 24.8 Å². The number of carboxylic acid groups (broad SMARTS) is 1. The van der Waals surface area contributed by atoms with Gasteiger partial charge >= 0.3 is 0 Å². The average Bonchev–Trinajstić information content (AvgIpc) is 2.54. The van der Waals surface area contributed by atoms with Crippen LogP contribution in [0.3, 0.4) is 0 Å². The minimum atomic E-state index is -1.36. The highest BCUT2D eigenvalue weighted by Crippen LogP contribution is 2.22. The van der Waals surface area contributed by atoms with Crippen molar-refractivity contribution in [1.29, 1.82) is 0 Å². The molecule has 7 heteroatoms. The summed E-state index contributed by atoms with van der Waals surface area (Å²) in [6.07, 6.45) is -0.487. The first-order valence-corrected chi connectivity index (χ1v) is 7.19. The number of rotatable bonds is 6. The molecule has 0 spiro atoms. The van der Waals surface area contributed by atoms with Crippen molar-refractivity contribution < 1.29 is 19.6 Å². The smallest absolute Gasteiger partial charge is 0.269 e. The van der Waals surface area contributed by atoms with Crippen molar-refractivity contribution in [1.82, 2.24) is 5.32 Å². The van der Waals surface area contributed by atoms with Crippen LogP contribution < -0.4 is 10.4 Å². The minimum absolute atomic E-state index is 0.180. The van der Waals surface area contributed by atoms with E-state index in [1.807, 2.05) is 0 Å². The van der Waals surface area contributed by atoms with Gasteiger partial charge in [0.25, 0.3) is 11.6 Å². The van der Waals surface area contributed by atoms with Crippen molar-refractivity contribution in [3.63, 3.8) is 0 Å². The van der Waals surface area contributed by atoms with Crippen molar-refractivity contribution in [3.8, 4) is 0 Å². The van der Waals surface area contributed by atoms with Crippen molar-refractivity contribution in [2.45, 2.75) is 19.4 Å². The summed E-state index contributed by atoms with van der Waals surface area (Å²) < 4.78 is 0. The van der Waals surface area contributed by atoms with Crippen LogP contribution in [0.25, 0.3) is 0 Å². The van der Waals surface area contributed by atoms with Gasteiger partial charge < -0.3 is 15.2 Å². The number of amides is 1. The van der Waals surface area contributed by atoms with Gasteiger partial charge in [-0.25, -0.2) is 0 Å². The highest BCUT2D eigenvalue weighted by atomic mass is 16.6. The number of nitrogens with one attached hydrogen (secondary N) is 1. The molecule has 0 aliphatic carbocycles. The molecule has 0 fully saturated rings. The van der Waals surface area contributed by atoms with Crippen LogP contribution in [-0.2, 0) is 4.79 Å². The molecule has 0 aliphatic heterocycles. The van der Waals surface area contributed by atoms with Gasteiger partial charge in [0.2, 0.25) is 0 Å². The van der Waals surface area contributed by atoms with Gasteiger partial charge in [-0.05, 0) is 24.1 Å². The predicted octanol–water partition coefficient (Wildman–Crippen LogP) is 1.51. The van der Waals surface area contributed by atoms with Gasteiger partial charge in [-0.1, -0.05) is 30.3 Å². The standard InChI is InChI=1S/C17H16N2O5/c1-11-5-2-3-8-14(11)17(22)18-15(10-16(20)21)12-6-4-7-13(9-12)19(23)24/h2-9,15H,10H2,1H3,(H,18,22)(H,20,21)/p-1/t15-/m0/s1. The van der Waals surface area contributed by atoms with Crippen LogP contribution in [0.1, 0.15) is 33.9 Å². The SMILES string of the molecule is Cc1ccccc1C(=O)N[C@@H](CC(=O)[O-])c1cccc([N+](=O)[O-])c1. The Morgan fingerprint density at radius 3 is 2.50 bits per heavy atom. The van der Waals surface area contributed by atoms with Gasteiger partial charge in [0.15, 0.2) is 0 Å². The summed E-state index contributed by atoms with van der Waals surface area (Å²) in [5.74, 6) is -1.82. The van der Waals surface area contributed by atoms with Crippen molar-refractivity contribution in [2.75, 3.05) is 0 Å². The molecule has 0 heterocycles. The first-order valence-electron chi connectivity index (χ1n) is 7.19. The van der Waals surface area contributed by atoms with E-state index >= 15 is 0 Å². The third-order valence-electron chi connectivity index (χ3n) is 3.55. The van der Waals surface area contributed by atoms with E-state index < -0.39 is 29.3 Å². The number of carboxylic acids is 1.